The van der Waals surface area contributed by atoms with Crippen molar-refractivity contribution < 1.29 is 4.79 Å². The quantitative estimate of drug-likeness (QED) is 0.557. The molecule has 0 saturated heterocycles. The van der Waals surface area contributed by atoms with Crippen molar-refractivity contribution in [2.45, 2.75) is 39.0 Å². The predicted octanol–water partition coefficient (Wildman–Crippen LogP) is 2.65. The Morgan fingerprint density at radius 3 is 2.54 bits per heavy atom. The van der Waals surface area contributed by atoms with Gasteiger partial charge in [0.1, 0.15) is 5.78 Å². The molecule has 0 N–H and O–H groups in total. The van der Waals surface area contributed by atoms with Gasteiger partial charge in [-0.2, -0.15) is 0 Å². The van der Waals surface area contributed by atoms with Gasteiger partial charge < -0.3 is 0 Å². The maximum absolute atomic E-state index is 11.6. The van der Waals surface area contributed by atoms with Gasteiger partial charge in [0.2, 0.25) is 0 Å². The molecule has 0 spiro atoms. The average molecular weight is 178 g/mol. The lowest BCUT2D eigenvalue weighted by Crippen LogP contribution is -2.34. The molecule has 3 saturated carbocycles. The molecule has 3 aliphatic carbocycles. The molecule has 1 nitrogen and oxygen atoms in total. The van der Waals surface area contributed by atoms with E-state index in [4.69, 9.17) is 0 Å². The molecule has 13 heavy (non-hydrogen) atoms. The maximum atomic E-state index is 11.6. The van der Waals surface area contributed by atoms with Gasteiger partial charge in [-0.1, -0.05) is 6.92 Å². The van der Waals surface area contributed by atoms with Crippen molar-refractivity contribution in [1.82, 2.24) is 0 Å². The van der Waals surface area contributed by atoms with E-state index in [1.165, 1.54) is 25.7 Å². The molecule has 0 aromatic heterocycles. The van der Waals surface area contributed by atoms with Crippen LogP contribution in [0.15, 0.2) is 0 Å². The fraction of sp³-hybridized carbons (Fsp3) is 0.917. The average Bonchev–Trinajstić information content (AvgIpc) is 2.67. The molecule has 2 bridgehead atoms. The molecule has 0 radical (unpaired) electrons. The van der Waals surface area contributed by atoms with E-state index in [2.05, 4.69) is 6.92 Å². The number of carbonyl (C=O) groups excluding carboxylic acids is 1. The van der Waals surface area contributed by atoms with Crippen LogP contribution in [0.3, 0.4) is 0 Å². The van der Waals surface area contributed by atoms with Crippen molar-refractivity contribution in [2.24, 2.45) is 29.6 Å². The second-order valence-electron chi connectivity index (χ2n) is 5.47. The van der Waals surface area contributed by atoms with Crippen molar-refractivity contribution in [2.75, 3.05) is 0 Å². The second-order valence-corrected chi connectivity index (χ2v) is 5.47. The van der Waals surface area contributed by atoms with E-state index in [9.17, 15) is 4.79 Å². The van der Waals surface area contributed by atoms with E-state index in [-0.39, 0.29) is 0 Å². The van der Waals surface area contributed by atoms with E-state index in [1.807, 2.05) is 0 Å². The molecule has 0 aromatic carbocycles. The smallest absolute Gasteiger partial charge is 0.136 e. The highest BCUT2D eigenvalue weighted by Crippen LogP contribution is 2.57. The highest BCUT2D eigenvalue weighted by atomic mass is 16.1. The Labute approximate surface area is 79.9 Å². The Balaban J connectivity index is 1.84. The van der Waals surface area contributed by atoms with Gasteiger partial charge in [-0.25, -0.2) is 0 Å². The Morgan fingerprint density at radius 2 is 1.77 bits per heavy atom. The lowest BCUT2D eigenvalue weighted by atomic mass is 9.67. The van der Waals surface area contributed by atoms with Gasteiger partial charge in [0.05, 0.1) is 0 Å². The summed E-state index contributed by atoms with van der Waals surface area (Å²) in [6.45, 7) is 2.13. The summed E-state index contributed by atoms with van der Waals surface area (Å²) in [7, 11) is 0. The number of ketones is 1. The monoisotopic (exact) mass is 178 g/mol. The Morgan fingerprint density at radius 1 is 1.08 bits per heavy atom. The summed E-state index contributed by atoms with van der Waals surface area (Å²) in [5.41, 5.74) is 0. The van der Waals surface area contributed by atoms with Crippen LogP contribution >= 0.6 is 0 Å². The van der Waals surface area contributed by atoms with E-state index in [0.29, 0.717) is 11.7 Å². The molecule has 72 valence electrons. The van der Waals surface area contributed by atoms with E-state index < -0.39 is 0 Å². The van der Waals surface area contributed by atoms with Gasteiger partial charge in [0.25, 0.3) is 0 Å². The zero-order valence-electron chi connectivity index (χ0n) is 8.33. The first kappa shape index (κ1) is 8.02. The highest BCUT2D eigenvalue weighted by Gasteiger charge is 2.50. The summed E-state index contributed by atoms with van der Waals surface area (Å²) in [6.07, 6.45) is 6.48. The molecule has 0 aliphatic heterocycles. The molecular weight excluding hydrogens is 160 g/mol. The number of hydrogen-bond donors (Lipinski definition) is 0. The number of fused-ring (bicyclic) bond motifs is 5. The van der Waals surface area contributed by atoms with Crippen LogP contribution in [0.2, 0.25) is 0 Å². The topological polar surface area (TPSA) is 17.1 Å². The maximum Gasteiger partial charge on any atom is 0.136 e. The first-order valence-corrected chi connectivity index (χ1v) is 5.78. The molecular formula is C12H18O. The number of hydrogen-bond acceptors (Lipinski definition) is 1. The Kier molecular flexibility index (Phi) is 1.59. The minimum Gasteiger partial charge on any atom is -0.299 e. The Hall–Kier alpha value is -0.330. The Bertz CT molecular complexity index is 246. The van der Waals surface area contributed by atoms with E-state index >= 15 is 0 Å². The van der Waals surface area contributed by atoms with Crippen molar-refractivity contribution in [3.63, 3.8) is 0 Å². The van der Waals surface area contributed by atoms with Gasteiger partial charge in [0, 0.05) is 12.3 Å². The predicted molar refractivity (Wildman–Crippen MR) is 51.2 cm³/mol. The minimum absolute atomic E-state index is 0.376. The summed E-state index contributed by atoms with van der Waals surface area (Å²) >= 11 is 0. The third-order valence-electron chi connectivity index (χ3n) is 4.89. The van der Waals surface area contributed by atoms with Crippen LogP contribution in [-0.2, 0) is 4.79 Å². The van der Waals surface area contributed by atoms with Crippen molar-refractivity contribution in [3.05, 3.63) is 0 Å². The molecule has 0 aromatic rings. The molecule has 3 rings (SSSR count). The van der Waals surface area contributed by atoms with Crippen LogP contribution < -0.4 is 0 Å². The highest BCUT2D eigenvalue weighted by molar-refractivity contribution is 5.81. The summed E-state index contributed by atoms with van der Waals surface area (Å²) in [5.74, 6) is 4.61. The zero-order valence-corrected chi connectivity index (χ0v) is 8.33. The molecule has 0 heterocycles. The van der Waals surface area contributed by atoms with Gasteiger partial charge in [-0.15, -0.1) is 0 Å². The van der Waals surface area contributed by atoms with E-state index in [0.717, 1.165) is 30.1 Å². The zero-order chi connectivity index (χ0) is 9.00. The normalized spacial score (nSPS) is 53.9. The fourth-order valence-electron chi connectivity index (χ4n) is 4.19. The molecule has 5 atom stereocenters. The summed E-state index contributed by atoms with van der Waals surface area (Å²) in [5, 5.41) is 0. The van der Waals surface area contributed by atoms with Gasteiger partial charge >= 0.3 is 0 Å². The largest absolute Gasteiger partial charge is 0.299 e. The van der Waals surface area contributed by atoms with Crippen molar-refractivity contribution >= 4 is 5.78 Å². The second kappa shape index (κ2) is 2.59. The van der Waals surface area contributed by atoms with Crippen LogP contribution in [0.25, 0.3) is 0 Å². The molecule has 0 amide bonds. The minimum atomic E-state index is 0.376. The standard InChI is InChI=1S/C12H18O/c1-7-4-10-8-2-3-9(5-8)11(10)6-12(7)13/h7-11H,2-6H2,1H3/t7-,8+,9-,10-,11+/m1/s1. The first-order valence-electron chi connectivity index (χ1n) is 5.78. The summed E-state index contributed by atoms with van der Waals surface area (Å²) < 4.78 is 0. The van der Waals surface area contributed by atoms with E-state index in [1.54, 1.807) is 0 Å². The lowest BCUT2D eigenvalue weighted by molar-refractivity contribution is -0.127. The van der Waals surface area contributed by atoms with Crippen LogP contribution in [0.4, 0.5) is 0 Å². The van der Waals surface area contributed by atoms with Crippen LogP contribution in [0.5, 0.6) is 0 Å². The van der Waals surface area contributed by atoms with Crippen LogP contribution in [-0.4, -0.2) is 5.78 Å². The SMILES string of the molecule is C[C@@H]1C[C@@H]2[C@H]3CC[C@H](C3)[C@@H]2CC1=O. The number of carbonyl (C=O) groups is 1. The van der Waals surface area contributed by atoms with Crippen molar-refractivity contribution in [1.29, 1.82) is 0 Å². The van der Waals surface area contributed by atoms with Crippen LogP contribution in [0.1, 0.15) is 39.0 Å². The van der Waals surface area contributed by atoms with Crippen molar-refractivity contribution in [3.8, 4) is 0 Å². The molecule has 3 fully saturated rings. The molecule has 3 aliphatic rings. The third-order valence-corrected chi connectivity index (χ3v) is 4.89. The van der Waals surface area contributed by atoms with Crippen LogP contribution in [0, 0.1) is 29.6 Å². The summed E-state index contributed by atoms with van der Waals surface area (Å²) in [4.78, 5) is 11.6. The van der Waals surface area contributed by atoms with Gasteiger partial charge in [-0.05, 0) is 49.4 Å². The van der Waals surface area contributed by atoms with Gasteiger partial charge in [0.15, 0.2) is 0 Å². The molecule has 0 unspecified atom stereocenters. The fourth-order valence-corrected chi connectivity index (χ4v) is 4.19. The summed E-state index contributed by atoms with van der Waals surface area (Å²) in [6, 6.07) is 0. The molecule has 1 heteroatoms. The first-order chi connectivity index (χ1) is 6.25. The number of Topliss-reactive ketones (excluding diaryl/α,β-unsaturated/α-hetero) is 1. The number of rotatable bonds is 0. The third kappa shape index (κ3) is 1.02. The lowest BCUT2D eigenvalue weighted by Gasteiger charge is -2.36. The van der Waals surface area contributed by atoms with Gasteiger partial charge in [-0.3, -0.25) is 4.79 Å².